The quantitative estimate of drug-likeness (QED) is 0.335. The van der Waals surface area contributed by atoms with Gasteiger partial charge < -0.3 is 4.90 Å². The Kier molecular flexibility index (Phi) is 6.08. The molecule has 1 aliphatic rings. The number of likely N-dealkylation sites (tertiary alicyclic amines) is 1. The van der Waals surface area contributed by atoms with Crippen molar-refractivity contribution in [1.29, 1.82) is 0 Å². The smallest absolute Gasteiger partial charge is 0.282 e. The Labute approximate surface area is 147 Å². The van der Waals surface area contributed by atoms with Crippen LogP contribution < -0.4 is 0 Å². The van der Waals surface area contributed by atoms with Gasteiger partial charge in [-0.1, -0.05) is 5.57 Å². The highest BCUT2D eigenvalue weighted by atomic mass is 32.2. The van der Waals surface area contributed by atoms with E-state index in [1.165, 1.54) is 18.3 Å². The van der Waals surface area contributed by atoms with Gasteiger partial charge in [0.2, 0.25) is 0 Å². The Morgan fingerprint density at radius 3 is 2.32 bits per heavy atom. The van der Waals surface area contributed by atoms with E-state index in [1.54, 1.807) is 6.08 Å². The van der Waals surface area contributed by atoms with Gasteiger partial charge >= 0.3 is 0 Å². The van der Waals surface area contributed by atoms with Crippen LogP contribution in [0.15, 0.2) is 57.0 Å². The lowest BCUT2D eigenvalue weighted by atomic mass is 10.2. The number of nitro benzene ring substituents is 1. The van der Waals surface area contributed by atoms with Crippen LogP contribution in [0, 0.1) is 10.1 Å². The van der Waals surface area contributed by atoms with Gasteiger partial charge in [0.15, 0.2) is 0 Å². The second-order valence-electron chi connectivity index (χ2n) is 5.99. The van der Waals surface area contributed by atoms with Gasteiger partial charge in [0, 0.05) is 37.1 Å². The molecule has 0 atom stereocenters. The summed E-state index contributed by atoms with van der Waals surface area (Å²) >= 11 is 0. The molecule has 1 fully saturated rings. The fourth-order valence-corrected chi connectivity index (χ4v) is 3.33. The standard InChI is InChI=1S/C17H21N3O4S/c1-14(2)13-16(19-11-3-4-12-19)9-10-18-25(23,24)17-7-5-15(6-8-17)20(21)22/h5-10,13H,3-4,11-12H2,1-2H3/b16-9+,18-10?. The van der Waals surface area contributed by atoms with Crippen LogP contribution in [-0.4, -0.2) is 37.5 Å². The Hall–Kier alpha value is -2.48. The summed E-state index contributed by atoms with van der Waals surface area (Å²) in [7, 11) is -3.89. The molecule has 0 amide bonds. The minimum Gasteiger partial charge on any atom is -0.371 e. The monoisotopic (exact) mass is 363 g/mol. The molecule has 7 nitrogen and oxygen atoms in total. The second kappa shape index (κ2) is 8.06. The van der Waals surface area contributed by atoms with E-state index >= 15 is 0 Å². The van der Waals surface area contributed by atoms with Crippen molar-refractivity contribution in [1.82, 2.24) is 4.90 Å². The predicted octanol–water partition coefficient (Wildman–Crippen LogP) is 3.30. The first kappa shape index (κ1) is 18.9. The molecule has 1 aromatic carbocycles. The number of nitro groups is 1. The van der Waals surface area contributed by atoms with Crippen LogP contribution in [0.3, 0.4) is 0 Å². The van der Waals surface area contributed by atoms with E-state index in [9.17, 15) is 18.5 Å². The van der Waals surface area contributed by atoms with Gasteiger partial charge in [0.25, 0.3) is 15.7 Å². The third-order valence-electron chi connectivity index (χ3n) is 3.70. The van der Waals surface area contributed by atoms with Gasteiger partial charge in [-0.3, -0.25) is 10.1 Å². The third kappa shape index (κ3) is 5.25. The van der Waals surface area contributed by atoms with Crippen molar-refractivity contribution >= 4 is 21.9 Å². The zero-order valence-corrected chi connectivity index (χ0v) is 15.1. The van der Waals surface area contributed by atoms with Crippen LogP contribution in [-0.2, 0) is 10.0 Å². The lowest BCUT2D eigenvalue weighted by Gasteiger charge is -2.18. The number of hydrogen-bond acceptors (Lipinski definition) is 5. The lowest BCUT2D eigenvalue weighted by Crippen LogP contribution is -2.17. The van der Waals surface area contributed by atoms with Crippen molar-refractivity contribution in [2.75, 3.05) is 13.1 Å². The van der Waals surface area contributed by atoms with Crippen molar-refractivity contribution in [3.63, 3.8) is 0 Å². The van der Waals surface area contributed by atoms with E-state index in [1.807, 2.05) is 19.9 Å². The van der Waals surface area contributed by atoms with E-state index in [0.29, 0.717) is 0 Å². The van der Waals surface area contributed by atoms with Gasteiger partial charge in [0.1, 0.15) is 0 Å². The minimum atomic E-state index is -3.89. The van der Waals surface area contributed by atoms with Gasteiger partial charge in [0.05, 0.1) is 9.82 Å². The van der Waals surface area contributed by atoms with Crippen LogP contribution in [0.5, 0.6) is 0 Å². The van der Waals surface area contributed by atoms with E-state index in [0.717, 1.165) is 49.3 Å². The molecule has 0 aliphatic carbocycles. The van der Waals surface area contributed by atoms with Gasteiger partial charge in [-0.25, -0.2) is 0 Å². The summed E-state index contributed by atoms with van der Waals surface area (Å²) in [6.45, 7) is 5.85. The Morgan fingerprint density at radius 1 is 1.20 bits per heavy atom. The first-order chi connectivity index (χ1) is 11.8. The van der Waals surface area contributed by atoms with E-state index in [2.05, 4.69) is 9.30 Å². The van der Waals surface area contributed by atoms with Gasteiger partial charge in [-0.2, -0.15) is 12.8 Å². The van der Waals surface area contributed by atoms with E-state index in [4.69, 9.17) is 0 Å². The molecule has 134 valence electrons. The molecule has 8 heteroatoms. The highest BCUT2D eigenvalue weighted by molar-refractivity contribution is 7.90. The fourth-order valence-electron chi connectivity index (χ4n) is 2.50. The molecule has 0 radical (unpaired) electrons. The van der Waals surface area contributed by atoms with E-state index < -0.39 is 14.9 Å². The van der Waals surface area contributed by atoms with Crippen LogP contribution in [0.2, 0.25) is 0 Å². The van der Waals surface area contributed by atoms with Crippen molar-refractivity contribution in [2.45, 2.75) is 31.6 Å². The van der Waals surface area contributed by atoms with Crippen LogP contribution >= 0.6 is 0 Å². The molecule has 0 unspecified atom stereocenters. The maximum Gasteiger partial charge on any atom is 0.282 e. The maximum atomic E-state index is 12.2. The molecule has 0 saturated carbocycles. The first-order valence-electron chi connectivity index (χ1n) is 7.94. The third-order valence-corrected chi connectivity index (χ3v) is 4.97. The molecule has 0 N–H and O–H groups in total. The molecular weight excluding hydrogens is 342 g/mol. The highest BCUT2D eigenvalue weighted by Crippen LogP contribution is 2.18. The van der Waals surface area contributed by atoms with Crippen molar-refractivity contribution in [3.05, 3.63) is 57.8 Å². The average molecular weight is 363 g/mol. The summed E-state index contributed by atoms with van der Waals surface area (Å²) in [5.74, 6) is 0. The summed E-state index contributed by atoms with van der Waals surface area (Å²) in [6, 6.07) is 4.67. The molecule has 25 heavy (non-hydrogen) atoms. The number of benzene rings is 1. The molecule has 0 aromatic heterocycles. The summed E-state index contributed by atoms with van der Waals surface area (Å²) in [6.07, 6.45) is 7.18. The molecule has 0 spiro atoms. The van der Waals surface area contributed by atoms with Gasteiger partial charge in [-0.15, -0.1) is 0 Å². The van der Waals surface area contributed by atoms with Crippen molar-refractivity contribution in [2.24, 2.45) is 4.40 Å². The summed E-state index contributed by atoms with van der Waals surface area (Å²) in [5, 5.41) is 10.6. The molecule has 1 aromatic rings. The normalized spacial score (nSPS) is 15.6. The largest absolute Gasteiger partial charge is 0.371 e. The molecule has 0 bridgehead atoms. The predicted molar refractivity (Wildman–Crippen MR) is 97.1 cm³/mol. The van der Waals surface area contributed by atoms with Crippen LogP contribution in [0.1, 0.15) is 26.7 Å². The van der Waals surface area contributed by atoms with Crippen LogP contribution in [0.4, 0.5) is 5.69 Å². The lowest BCUT2D eigenvalue weighted by molar-refractivity contribution is -0.384. The second-order valence-corrected chi connectivity index (χ2v) is 7.62. The van der Waals surface area contributed by atoms with E-state index in [-0.39, 0.29) is 10.6 Å². The summed E-state index contributed by atoms with van der Waals surface area (Å²) in [4.78, 5) is 12.2. The fraction of sp³-hybridized carbons (Fsp3) is 0.353. The Bertz CT molecular complexity index is 814. The topological polar surface area (TPSA) is 92.9 Å². The number of hydrogen-bond donors (Lipinski definition) is 0. The zero-order chi connectivity index (χ0) is 18.4. The zero-order valence-electron chi connectivity index (χ0n) is 14.3. The molecule has 1 saturated heterocycles. The summed E-state index contributed by atoms with van der Waals surface area (Å²) in [5.41, 5.74) is 1.88. The number of non-ortho nitro benzene ring substituents is 1. The Balaban J connectivity index is 2.22. The highest BCUT2D eigenvalue weighted by Gasteiger charge is 2.15. The maximum absolute atomic E-state index is 12.2. The average Bonchev–Trinajstić information content (AvgIpc) is 3.08. The SMILES string of the molecule is CC(C)=C/C(=C\C=NS(=O)(=O)c1ccc([N+](=O)[O-])cc1)N1CCCC1. The minimum absolute atomic E-state index is 0.0762. The summed E-state index contributed by atoms with van der Waals surface area (Å²) < 4.78 is 28.1. The molecule has 2 rings (SSSR count). The molecule has 1 heterocycles. The molecule has 1 aliphatic heterocycles. The molecular formula is C17H21N3O4S. The van der Waals surface area contributed by atoms with Crippen molar-refractivity contribution in [3.8, 4) is 0 Å². The number of nitrogens with zero attached hydrogens (tertiary/aromatic N) is 3. The van der Waals surface area contributed by atoms with Crippen LogP contribution in [0.25, 0.3) is 0 Å². The number of allylic oxidation sites excluding steroid dienone is 3. The first-order valence-corrected chi connectivity index (χ1v) is 9.38. The van der Waals surface area contributed by atoms with Gasteiger partial charge in [-0.05, 0) is 51.0 Å². The van der Waals surface area contributed by atoms with Crippen molar-refractivity contribution < 1.29 is 13.3 Å². The number of sulfonamides is 1. The Morgan fingerprint density at radius 2 is 1.80 bits per heavy atom. The number of rotatable bonds is 6.